The smallest absolute Gasteiger partial charge is 0.225 e. The van der Waals surface area contributed by atoms with Gasteiger partial charge in [-0.3, -0.25) is 19.2 Å². The Kier molecular flexibility index (Phi) is 17.9. The topological polar surface area (TPSA) is 210 Å². The van der Waals surface area contributed by atoms with Gasteiger partial charge in [-0.1, -0.05) is 25.7 Å². The lowest BCUT2D eigenvalue weighted by molar-refractivity contribution is -0.390. The second-order valence-corrected chi connectivity index (χ2v) is 39.0. The average molecular weight is 1420 g/mol. The van der Waals surface area contributed by atoms with Crippen molar-refractivity contribution in [3.63, 3.8) is 0 Å². The van der Waals surface area contributed by atoms with Crippen LogP contribution in [0, 0.1) is 118 Å². The minimum Gasteiger partial charge on any atom is -0.356 e. The highest BCUT2D eigenvalue weighted by Crippen LogP contribution is 2.69. The fourth-order valence-electron chi connectivity index (χ4n) is 28.2. The van der Waals surface area contributed by atoms with Crippen molar-refractivity contribution in [2.75, 3.05) is 39.3 Å². The summed E-state index contributed by atoms with van der Waals surface area (Å²) >= 11 is 0. The first kappa shape index (κ1) is 68.7. The molecule has 4 aliphatic heterocycles. The summed E-state index contributed by atoms with van der Waals surface area (Å²) in [7, 11) is 0. The molecule has 0 aromatic heterocycles. The molecule has 4 saturated heterocycles. The summed E-state index contributed by atoms with van der Waals surface area (Å²) < 4.78 is 28.1. The zero-order chi connectivity index (χ0) is 68.3. The van der Waals surface area contributed by atoms with E-state index < -0.39 is 46.3 Å². The molecule has 20 saturated carbocycles. The standard InChI is InChI=1S/C82H122N4O16/c87-71(59-9-17-75(18-10-59)91-79(99-95-75)63-35-51-31-52(37-63)38-64(79)36-51)83-25-7-29-85(73(89)61-13-21-77(22-14-61)93-81(101-97-77)67-43-55-33-56(45-67)46-68(81)44-55)27-5-3-1-2-4-6-28-86(74(90)62-15-23-78(24-16-62)94-82(102-98-78)69-47-57-34-58(49-69)50-70(82)48-57)30-8-26-84-72(88)60-11-19-76(20-12-60)92-80(100-96-76)65-39-53-32-54(41-65)42-66(80)40-53/h51-70H,1-50H2,(H,83,87)(H,84,88). The largest absolute Gasteiger partial charge is 0.356 e. The van der Waals surface area contributed by atoms with E-state index in [0.29, 0.717) is 202 Å². The van der Waals surface area contributed by atoms with Crippen LogP contribution < -0.4 is 10.6 Å². The lowest BCUT2D eigenvalue weighted by Gasteiger charge is -2.57. The Morgan fingerprint density at radius 1 is 0.265 bits per heavy atom. The normalized spacial score (nSPS) is 50.5. The quantitative estimate of drug-likeness (QED) is 0.0808. The van der Waals surface area contributed by atoms with Crippen LogP contribution >= 0.6 is 0 Å². The summed E-state index contributed by atoms with van der Waals surface area (Å²) in [4.78, 5) is 112. The van der Waals surface area contributed by atoms with Gasteiger partial charge in [0.05, 0.1) is 0 Å². The molecular weight excluding hydrogens is 1300 g/mol. The zero-order valence-electron chi connectivity index (χ0n) is 61.3. The molecule has 4 amide bonds. The maximum absolute atomic E-state index is 14.8. The monoisotopic (exact) mass is 1420 g/mol. The van der Waals surface area contributed by atoms with Crippen LogP contribution in [0.4, 0.5) is 0 Å². The Bertz CT molecular complexity index is 2800. The van der Waals surface area contributed by atoms with Gasteiger partial charge in [-0.15, -0.1) is 0 Å². The Morgan fingerprint density at radius 2 is 0.480 bits per heavy atom. The number of ether oxygens (including phenoxy) is 4. The molecule has 0 unspecified atom stereocenters. The molecule has 0 radical (unpaired) electrons. The van der Waals surface area contributed by atoms with Crippen LogP contribution in [0.5, 0.6) is 0 Å². The molecule has 24 aliphatic rings. The first-order valence-electron chi connectivity index (χ1n) is 43.1. The van der Waals surface area contributed by atoms with Gasteiger partial charge in [0.25, 0.3) is 0 Å². The molecule has 2 N–H and O–H groups in total. The third-order valence-corrected chi connectivity index (χ3v) is 32.7. The maximum Gasteiger partial charge on any atom is 0.225 e. The van der Waals surface area contributed by atoms with Crippen molar-refractivity contribution < 1.29 is 77.2 Å². The molecule has 0 aromatic rings. The van der Waals surface area contributed by atoms with Crippen molar-refractivity contribution in [2.45, 2.75) is 329 Å². The van der Waals surface area contributed by atoms with Crippen molar-refractivity contribution in [3.8, 4) is 0 Å². The van der Waals surface area contributed by atoms with Crippen molar-refractivity contribution in [3.05, 3.63) is 0 Å². The van der Waals surface area contributed by atoms with E-state index in [1.54, 1.807) is 0 Å². The highest BCUT2D eigenvalue weighted by molar-refractivity contribution is 5.80. The van der Waals surface area contributed by atoms with E-state index >= 15 is 0 Å². The number of hydrogen-bond donors (Lipinski definition) is 2. The van der Waals surface area contributed by atoms with Crippen LogP contribution in [-0.4, -0.2) is 119 Å². The van der Waals surface area contributed by atoms with E-state index in [2.05, 4.69) is 20.4 Å². The average Bonchev–Trinajstić information content (AvgIpc) is 1.48. The molecule has 20 heteroatoms. The summed E-state index contributed by atoms with van der Waals surface area (Å²) in [6.07, 6.45) is 42.6. The summed E-state index contributed by atoms with van der Waals surface area (Å²) in [6.45, 7) is 3.61. The fourth-order valence-corrected chi connectivity index (χ4v) is 28.2. The van der Waals surface area contributed by atoms with Crippen LogP contribution in [0.2, 0.25) is 0 Å². The minimum absolute atomic E-state index is 0.0893. The molecule has 16 bridgehead atoms. The van der Waals surface area contributed by atoms with Crippen LogP contribution in [0.1, 0.15) is 283 Å². The minimum atomic E-state index is -0.773. The Hall–Kier alpha value is -2.60. The summed E-state index contributed by atoms with van der Waals surface area (Å²) in [6, 6.07) is 0. The Labute approximate surface area is 605 Å². The van der Waals surface area contributed by atoms with Gasteiger partial charge < -0.3 is 39.4 Å². The van der Waals surface area contributed by atoms with Crippen molar-refractivity contribution in [2.24, 2.45) is 118 Å². The third-order valence-electron chi connectivity index (χ3n) is 32.7. The zero-order valence-corrected chi connectivity index (χ0v) is 61.3. The molecule has 24 fully saturated rings. The molecule has 4 heterocycles. The van der Waals surface area contributed by atoms with E-state index in [4.69, 9.17) is 58.0 Å². The number of nitrogens with one attached hydrogen (secondary N) is 2. The van der Waals surface area contributed by atoms with E-state index in [1.807, 2.05) is 0 Å². The van der Waals surface area contributed by atoms with Gasteiger partial charge in [0.1, 0.15) is 0 Å². The highest BCUT2D eigenvalue weighted by Gasteiger charge is 2.72. The number of nitrogens with zero attached hydrogens (tertiary/aromatic N) is 2. The fraction of sp³-hybridized carbons (Fsp3) is 0.951. The van der Waals surface area contributed by atoms with Crippen LogP contribution in [0.15, 0.2) is 0 Å². The van der Waals surface area contributed by atoms with Crippen LogP contribution in [0.25, 0.3) is 0 Å². The number of hydrogen-bond acceptors (Lipinski definition) is 16. The lowest BCUT2D eigenvalue weighted by Crippen LogP contribution is -2.59. The molecule has 102 heavy (non-hydrogen) atoms. The number of amides is 4. The van der Waals surface area contributed by atoms with Gasteiger partial charge in [-0.25, -0.2) is 0 Å². The van der Waals surface area contributed by atoms with Gasteiger partial charge in [0.2, 0.25) is 69.9 Å². The number of rotatable bonds is 21. The highest BCUT2D eigenvalue weighted by atomic mass is 17.3. The second kappa shape index (κ2) is 26.6. The number of carbonyl (C=O) groups is 4. The molecule has 20 nitrogen and oxygen atoms in total. The van der Waals surface area contributed by atoms with Crippen LogP contribution in [0.3, 0.4) is 0 Å². The predicted octanol–water partition coefficient (Wildman–Crippen LogP) is 14.1. The van der Waals surface area contributed by atoms with Gasteiger partial charge in [0, 0.05) is 162 Å². The molecule has 0 aromatic carbocycles. The van der Waals surface area contributed by atoms with E-state index in [0.717, 1.165) is 85.9 Å². The summed E-state index contributed by atoms with van der Waals surface area (Å²) in [5, 5.41) is 6.59. The first-order chi connectivity index (χ1) is 49.6. The van der Waals surface area contributed by atoms with Gasteiger partial charge >= 0.3 is 0 Å². The maximum atomic E-state index is 14.8. The Balaban J connectivity index is 0.433. The van der Waals surface area contributed by atoms with Crippen molar-refractivity contribution >= 4 is 23.6 Å². The van der Waals surface area contributed by atoms with E-state index in [9.17, 15) is 19.2 Å². The SMILES string of the molecule is O=C(NCCCN(CCCCCCCCN(CCCNC(=O)C1CCC2(CC1)OOC1(O2)C2CC3CC(C2)CC1C3)C(=O)C1CCC2(CC1)OOC1(O2)C2CC3CC(C2)CC1C3)C(=O)C1CCC2(CC1)OOC1(O2)C2CC3CC(C2)CC1C3)C1CCC2(CC1)OOC1(O2)C2CC3CC(C2)CC1C3. The van der Waals surface area contributed by atoms with Gasteiger partial charge in [-0.2, -0.15) is 39.1 Å². The van der Waals surface area contributed by atoms with Gasteiger partial charge in [-0.05, 0) is 253 Å². The molecule has 8 spiro atoms. The molecule has 0 atom stereocenters. The number of carbonyl (C=O) groups excluding carboxylic acids is 4. The molecule has 20 aliphatic carbocycles. The van der Waals surface area contributed by atoms with Crippen LogP contribution in [-0.2, 0) is 77.2 Å². The second-order valence-electron chi connectivity index (χ2n) is 39.0. The first-order valence-corrected chi connectivity index (χ1v) is 43.1. The van der Waals surface area contributed by atoms with E-state index in [-0.39, 0.29) is 47.3 Å². The van der Waals surface area contributed by atoms with E-state index in [1.165, 1.54) is 128 Å². The van der Waals surface area contributed by atoms with Crippen molar-refractivity contribution in [1.29, 1.82) is 0 Å². The molecule has 566 valence electrons. The Morgan fingerprint density at radius 3 is 0.725 bits per heavy atom. The van der Waals surface area contributed by atoms with Crippen molar-refractivity contribution in [1.82, 2.24) is 20.4 Å². The summed E-state index contributed by atoms with van der Waals surface area (Å²) in [5.74, 6) is 4.39. The predicted molar refractivity (Wildman–Crippen MR) is 367 cm³/mol. The third kappa shape index (κ3) is 12.0. The molecule has 24 rings (SSSR count). The number of unbranched alkanes of at least 4 members (excludes halogenated alkanes) is 5. The molecular formula is C82H122N4O16. The summed E-state index contributed by atoms with van der Waals surface area (Å²) in [5.41, 5.74) is 0. The van der Waals surface area contributed by atoms with Gasteiger partial charge in [0.15, 0.2) is 0 Å². The lowest BCUT2D eigenvalue weighted by atomic mass is 9.53.